The molecular weight excluding hydrogens is 322 g/mol. The van der Waals surface area contributed by atoms with E-state index >= 15 is 0 Å². The largest absolute Gasteiger partial charge is 0.450 e. The third kappa shape index (κ3) is 5.19. The van der Waals surface area contributed by atoms with E-state index < -0.39 is 0 Å². The number of nitrogens with one attached hydrogen (secondary N) is 2. The van der Waals surface area contributed by atoms with Crippen molar-refractivity contribution in [2.45, 2.75) is 44.8 Å². The molecule has 0 bridgehead atoms. The fraction of sp³-hybridized carbons (Fsp3) is 0.706. The lowest BCUT2D eigenvalue weighted by Crippen LogP contribution is -2.42. The Labute approximate surface area is 148 Å². The number of piperidine rings is 1. The number of carbonyl (C=O) groups excluding carboxylic acids is 1. The van der Waals surface area contributed by atoms with E-state index in [0.717, 1.165) is 44.7 Å². The van der Waals surface area contributed by atoms with Crippen molar-refractivity contribution >= 4 is 17.9 Å². The maximum absolute atomic E-state index is 11.7. The first-order valence-electron chi connectivity index (χ1n) is 9.11. The van der Waals surface area contributed by atoms with Crippen LogP contribution in [-0.4, -0.2) is 66.0 Å². The molecule has 25 heavy (non-hydrogen) atoms. The van der Waals surface area contributed by atoms with Gasteiger partial charge in [-0.3, -0.25) is 0 Å². The number of hydrogen-bond acceptors (Lipinski definition) is 7. The van der Waals surface area contributed by atoms with Gasteiger partial charge >= 0.3 is 6.09 Å². The quantitative estimate of drug-likeness (QED) is 0.813. The smallest absolute Gasteiger partial charge is 0.409 e. The molecule has 1 unspecified atom stereocenters. The van der Waals surface area contributed by atoms with Crippen LogP contribution in [0.15, 0.2) is 12.3 Å². The number of anilines is 2. The van der Waals surface area contributed by atoms with Crippen molar-refractivity contribution < 1.29 is 14.3 Å². The van der Waals surface area contributed by atoms with E-state index in [4.69, 9.17) is 9.47 Å². The Hall–Kier alpha value is -2.09. The van der Waals surface area contributed by atoms with E-state index in [0.29, 0.717) is 25.6 Å². The second-order valence-electron chi connectivity index (χ2n) is 6.39. The van der Waals surface area contributed by atoms with Gasteiger partial charge in [0.1, 0.15) is 5.82 Å². The number of rotatable bonds is 6. The molecule has 0 aromatic carbocycles. The van der Waals surface area contributed by atoms with Gasteiger partial charge in [-0.05, 0) is 38.7 Å². The number of likely N-dealkylation sites (tertiary alicyclic amines) is 1. The van der Waals surface area contributed by atoms with Gasteiger partial charge in [-0.15, -0.1) is 0 Å². The number of aromatic nitrogens is 2. The molecule has 1 atom stereocenters. The Bertz CT molecular complexity index is 557. The zero-order chi connectivity index (χ0) is 17.5. The Balaban J connectivity index is 1.45. The number of carbonyl (C=O) groups is 1. The standard InChI is InChI=1S/C17H27N5O3/c1-2-24-17(23)22-9-6-13(7-10-22)20-16-18-8-5-15(21-16)19-12-14-4-3-11-25-14/h5,8,13-14H,2-4,6-7,9-12H2,1H3,(H2,18,19,20,21). The molecule has 2 aliphatic rings. The van der Waals surface area contributed by atoms with E-state index in [1.807, 2.05) is 13.0 Å². The van der Waals surface area contributed by atoms with Crippen molar-refractivity contribution in [3.8, 4) is 0 Å². The zero-order valence-electron chi connectivity index (χ0n) is 14.7. The summed E-state index contributed by atoms with van der Waals surface area (Å²) in [5, 5.41) is 6.68. The molecule has 2 saturated heterocycles. The lowest BCUT2D eigenvalue weighted by molar-refractivity contribution is 0.0983. The minimum absolute atomic E-state index is 0.225. The third-order valence-electron chi connectivity index (χ3n) is 4.54. The molecular formula is C17H27N5O3. The molecule has 1 aromatic heterocycles. The lowest BCUT2D eigenvalue weighted by atomic mass is 10.1. The molecule has 0 aliphatic carbocycles. The average Bonchev–Trinajstić information content (AvgIpc) is 3.15. The SMILES string of the molecule is CCOC(=O)N1CCC(Nc2nccc(NCC3CCCO3)n2)CC1. The Morgan fingerprint density at radius 3 is 2.96 bits per heavy atom. The maximum Gasteiger partial charge on any atom is 0.409 e. The van der Waals surface area contributed by atoms with Crippen molar-refractivity contribution in [2.75, 3.05) is 43.5 Å². The topological polar surface area (TPSA) is 88.6 Å². The molecule has 0 spiro atoms. The van der Waals surface area contributed by atoms with Crippen LogP contribution in [0.1, 0.15) is 32.6 Å². The first-order valence-corrected chi connectivity index (χ1v) is 9.11. The highest BCUT2D eigenvalue weighted by atomic mass is 16.6. The molecule has 1 amide bonds. The van der Waals surface area contributed by atoms with Gasteiger partial charge in [-0.1, -0.05) is 0 Å². The van der Waals surface area contributed by atoms with Gasteiger partial charge in [0.25, 0.3) is 0 Å². The molecule has 2 aliphatic heterocycles. The molecule has 8 nitrogen and oxygen atoms in total. The minimum Gasteiger partial charge on any atom is -0.450 e. The Kier molecular flexibility index (Phi) is 6.27. The molecule has 138 valence electrons. The molecule has 2 N–H and O–H groups in total. The van der Waals surface area contributed by atoms with Crippen LogP contribution < -0.4 is 10.6 Å². The van der Waals surface area contributed by atoms with Crippen LogP contribution in [-0.2, 0) is 9.47 Å². The van der Waals surface area contributed by atoms with Gasteiger partial charge in [-0.2, -0.15) is 4.98 Å². The normalized spacial score (nSPS) is 21.2. The highest BCUT2D eigenvalue weighted by Crippen LogP contribution is 2.17. The van der Waals surface area contributed by atoms with Gasteiger partial charge in [0.05, 0.1) is 12.7 Å². The molecule has 8 heteroatoms. The molecule has 0 saturated carbocycles. The van der Waals surface area contributed by atoms with Crippen LogP contribution in [0.3, 0.4) is 0 Å². The van der Waals surface area contributed by atoms with Gasteiger partial charge in [0.2, 0.25) is 5.95 Å². The molecule has 3 heterocycles. The minimum atomic E-state index is -0.225. The summed E-state index contributed by atoms with van der Waals surface area (Å²) in [7, 11) is 0. The second kappa shape index (κ2) is 8.84. The summed E-state index contributed by atoms with van der Waals surface area (Å²) in [4.78, 5) is 22.3. The van der Waals surface area contributed by atoms with Crippen LogP contribution in [0.25, 0.3) is 0 Å². The van der Waals surface area contributed by atoms with Crippen molar-refractivity contribution in [3.05, 3.63) is 12.3 Å². The van der Waals surface area contributed by atoms with E-state index in [1.165, 1.54) is 0 Å². The van der Waals surface area contributed by atoms with Crippen molar-refractivity contribution in [2.24, 2.45) is 0 Å². The average molecular weight is 349 g/mol. The Morgan fingerprint density at radius 1 is 1.40 bits per heavy atom. The van der Waals surface area contributed by atoms with Gasteiger partial charge in [0, 0.05) is 38.5 Å². The predicted octanol–water partition coefficient (Wildman–Crippen LogP) is 2.10. The maximum atomic E-state index is 11.7. The van der Waals surface area contributed by atoms with Gasteiger partial charge < -0.3 is 25.0 Å². The van der Waals surface area contributed by atoms with E-state index in [2.05, 4.69) is 20.6 Å². The highest BCUT2D eigenvalue weighted by Gasteiger charge is 2.24. The summed E-state index contributed by atoms with van der Waals surface area (Å²) in [5.41, 5.74) is 0. The summed E-state index contributed by atoms with van der Waals surface area (Å²) >= 11 is 0. The van der Waals surface area contributed by atoms with Crippen LogP contribution in [0.2, 0.25) is 0 Å². The van der Waals surface area contributed by atoms with Crippen molar-refractivity contribution in [1.29, 1.82) is 0 Å². The fourth-order valence-electron chi connectivity index (χ4n) is 3.15. The monoisotopic (exact) mass is 349 g/mol. The summed E-state index contributed by atoms with van der Waals surface area (Å²) in [6.07, 6.45) is 5.75. The van der Waals surface area contributed by atoms with Crippen LogP contribution in [0.5, 0.6) is 0 Å². The summed E-state index contributed by atoms with van der Waals surface area (Å²) in [6.45, 7) is 5.24. The summed E-state index contributed by atoms with van der Waals surface area (Å²) < 4.78 is 10.7. The molecule has 0 radical (unpaired) electrons. The van der Waals surface area contributed by atoms with E-state index in [9.17, 15) is 4.79 Å². The number of ether oxygens (including phenoxy) is 2. The summed E-state index contributed by atoms with van der Waals surface area (Å²) in [5.74, 6) is 1.42. The molecule has 2 fully saturated rings. The first-order chi connectivity index (χ1) is 12.2. The third-order valence-corrected chi connectivity index (χ3v) is 4.54. The first kappa shape index (κ1) is 17.7. The zero-order valence-corrected chi connectivity index (χ0v) is 14.7. The van der Waals surface area contributed by atoms with Gasteiger partial charge in [0.15, 0.2) is 0 Å². The van der Waals surface area contributed by atoms with Crippen LogP contribution in [0, 0.1) is 0 Å². The molecule has 3 rings (SSSR count). The fourth-order valence-corrected chi connectivity index (χ4v) is 3.15. The van der Waals surface area contributed by atoms with Crippen LogP contribution >= 0.6 is 0 Å². The van der Waals surface area contributed by atoms with Gasteiger partial charge in [-0.25, -0.2) is 9.78 Å². The highest BCUT2D eigenvalue weighted by molar-refractivity contribution is 5.67. The number of amides is 1. The second-order valence-corrected chi connectivity index (χ2v) is 6.39. The Morgan fingerprint density at radius 2 is 2.24 bits per heavy atom. The van der Waals surface area contributed by atoms with E-state index in [1.54, 1.807) is 11.1 Å². The molecule has 1 aromatic rings. The van der Waals surface area contributed by atoms with Crippen molar-refractivity contribution in [3.63, 3.8) is 0 Å². The number of nitrogens with zero attached hydrogens (tertiary/aromatic N) is 3. The lowest BCUT2D eigenvalue weighted by Gasteiger charge is -2.31. The predicted molar refractivity (Wildman–Crippen MR) is 94.7 cm³/mol. The van der Waals surface area contributed by atoms with E-state index in [-0.39, 0.29) is 18.2 Å². The van der Waals surface area contributed by atoms with Crippen molar-refractivity contribution in [1.82, 2.24) is 14.9 Å². The number of hydrogen-bond donors (Lipinski definition) is 2. The van der Waals surface area contributed by atoms with Crippen LogP contribution in [0.4, 0.5) is 16.6 Å². The summed E-state index contributed by atoms with van der Waals surface area (Å²) in [6, 6.07) is 2.13.